The van der Waals surface area contributed by atoms with Crippen molar-refractivity contribution < 1.29 is 0 Å². The van der Waals surface area contributed by atoms with Crippen LogP contribution in [0.3, 0.4) is 0 Å². The van der Waals surface area contributed by atoms with Gasteiger partial charge in [-0.1, -0.05) is 46.5 Å². The molecule has 1 heterocycles. The molecule has 1 saturated heterocycles. The lowest BCUT2D eigenvalue weighted by Gasteiger charge is -2.37. The molecule has 2 fully saturated rings. The van der Waals surface area contributed by atoms with Crippen LogP contribution in [0.15, 0.2) is 0 Å². The molecule has 1 heteroatoms. The molecule has 1 nitrogen and oxygen atoms in total. The molecule has 0 amide bonds. The monoisotopic (exact) mass is 251 g/mol. The van der Waals surface area contributed by atoms with Crippen LogP contribution in [0.2, 0.25) is 0 Å². The van der Waals surface area contributed by atoms with Crippen molar-refractivity contribution in [2.45, 2.75) is 72.1 Å². The number of hydrogen-bond donors (Lipinski definition) is 1. The van der Waals surface area contributed by atoms with Crippen LogP contribution < -0.4 is 5.32 Å². The first-order valence-corrected chi connectivity index (χ1v) is 8.26. The molecule has 1 aliphatic carbocycles. The normalized spacial score (nSPS) is 31.5. The smallest absolute Gasteiger partial charge is 0.00463 e. The molecule has 18 heavy (non-hydrogen) atoms. The quantitative estimate of drug-likeness (QED) is 0.772. The van der Waals surface area contributed by atoms with Crippen molar-refractivity contribution in [3.8, 4) is 0 Å². The molecule has 0 atom stereocenters. The first-order chi connectivity index (χ1) is 8.55. The van der Waals surface area contributed by atoms with Crippen LogP contribution in [-0.2, 0) is 0 Å². The Morgan fingerprint density at radius 1 is 0.778 bits per heavy atom. The molecular formula is C17H33N. The molecule has 0 bridgehead atoms. The number of nitrogens with one attached hydrogen (secondary N) is 1. The van der Waals surface area contributed by atoms with Gasteiger partial charge in [0.2, 0.25) is 0 Å². The van der Waals surface area contributed by atoms with Crippen molar-refractivity contribution in [1.82, 2.24) is 5.32 Å². The number of hydrogen-bond acceptors (Lipinski definition) is 1. The minimum atomic E-state index is 0.542. The third kappa shape index (κ3) is 4.26. The second kappa shape index (κ2) is 6.41. The van der Waals surface area contributed by atoms with Crippen molar-refractivity contribution in [1.29, 1.82) is 0 Å². The van der Waals surface area contributed by atoms with Crippen molar-refractivity contribution in [2.75, 3.05) is 13.1 Å². The van der Waals surface area contributed by atoms with Gasteiger partial charge in [0.05, 0.1) is 0 Å². The van der Waals surface area contributed by atoms with Gasteiger partial charge in [-0.05, 0) is 61.9 Å². The lowest BCUT2D eigenvalue weighted by molar-refractivity contribution is 0.142. The van der Waals surface area contributed by atoms with Crippen LogP contribution in [0.1, 0.15) is 72.1 Å². The highest BCUT2D eigenvalue weighted by Gasteiger charge is 2.29. The van der Waals surface area contributed by atoms with Crippen molar-refractivity contribution in [3.63, 3.8) is 0 Å². The Morgan fingerprint density at radius 3 is 1.78 bits per heavy atom. The Hall–Kier alpha value is -0.0400. The topological polar surface area (TPSA) is 12.0 Å². The highest BCUT2D eigenvalue weighted by molar-refractivity contribution is 4.81. The summed E-state index contributed by atoms with van der Waals surface area (Å²) >= 11 is 0. The fraction of sp³-hybridized carbons (Fsp3) is 1.00. The van der Waals surface area contributed by atoms with Crippen molar-refractivity contribution >= 4 is 0 Å². The molecule has 1 aliphatic heterocycles. The Bertz CT molecular complexity index is 226. The Kier molecular flexibility index (Phi) is 5.12. The second-order valence-electron chi connectivity index (χ2n) is 7.85. The minimum Gasteiger partial charge on any atom is -0.317 e. The average Bonchev–Trinajstić information content (AvgIpc) is 2.37. The number of piperidine rings is 1. The molecule has 2 aliphatic rings. The fourth-order valence-corrected chi connectivity index (χ4v) is 3.96. The maximum absolute atomic E-state index is 3.48. The summed E-state index contributed by atoms with van der Waals surface area (Å²) in [5, 5.41) is 3.48. The van der Waals surface area contributed by atoms with Gasteiger partial charge in [-0.15, -0.1) is 0 Å². The molecule has 0 aromatic carbocycles. The average molecular weight is 251 g/mol. The first-order valence-electron chi connectivity index (χ1n) is 8.26. The van der Waals surface area contributed by atoms with E-state index < -0.39 is 0 Å². The Balaban J connectivity index is 1.64. The highest BCUT2D eigenvalue weighted by Crippen LogP contribution is 2.41. The maximum Gasteiger partial charge on any atom is -0.00463 e. The number of rotatable bonds is 3. The van der Waals surface area contributed by atoms with E-state index in [1.165, 1.54) is 64.5 Å². The van der Waals surface area contributed by atoms with Gasteiger partial charge in [-0.25, -0.2) is 0 Å². The lowest BCUT2D eigenvalue weighted by Crippen LogP contribution is -2.29. The molecule has 1 N–H and O–H groups in total. The van der Waals surface area contributed by atoms with Crippen LogP contribution >= 0.6 is 0 Å². The molecule has 1 saturated carbocycles. The zero-order chi connectivity index (χ0) is 13.0. The SMILES string of the molecule is CC(C)(C)C1CCC(CCC2CCNCC2)CC1. The van der Waals surface area contributed by atoms with E-state index in [2.05, 4.69) is 26.1 Å². The summed E-state index contributed by atoms with van der Waals surface area (Å²) in [6.45, 7) is 9.80. The van der Waals surface area contributed by atoms with Gasteiger partial charge < -0.3 is 5.32 Å². The van der Waals surface area contributed by atoms with Crippen molar-refractivity contribution in [2.24, 2.45) is 23.2 Å². The maximum atomic E-state index is 3.48. The third-order valence-corrected chi connectivity index (χ3v) is 5.51. The van der Waals surface area contributed by atoms with Crippen LogP contribution in [-0.4, -0.2) is 13.1 Å². The van der Waals surface area contributed by atoms with Gasteiger partial charge in [-0.3, -0.25) is 0 Å². The zero-order valence-electron chi connectivity index (χ0n) is 12.8. The van der Waals surface area contributed by atoms with E-state index in [-0.39, 0.29) is 0 Å². The lowest BCUT2D eigenvalue weighted by atomic mass is 9.69. The Labute approximate surface area is 114 Å². The van der Waals surface area contributed by atoms with E-state index in [1.54, 1.807) is 0 Å². The molecule has 0 radical (unpaired) electrons. The molecule has 0 aromatic rings. The first kappa shape index (κ1) is 14.4. The van der Waals surface area contributed by atoms with E-state index in [4.69, 9.17) is 0 Å². The summed E-state index contributed by atoms with van der Waals surface area (Å²) in [5.41, 5.74) is 0.542. The predicted octanol–water partition coefficient (Wildman–Crippen LogP) is 4.62. The molecule has 106 valence electrons. The molecule has 0 aromatic heterocycles. The summed E-state index contributed by atoms with van der Waals surface area (Å²) in [7, 11) is 0. The van der Waals surface area contributed by atoms with Gasteiger partial charge in [0, 0.05) is 0 Å². The highest BCUT2D eigenvalue weighted by atomic mass is 14.9. The minimum absolute atomic E-state index is 0.542. The molecule has 0 spiro atoms. The molecule has 0 unspecified atom stereocenters. The van der Waals surface area contributed by atoms with Gasteiger partial charge in [0.15, 0.2) is 0 Å². The van der Waals surface area contributed by atoms with Crippen LogP contribution in [0.4, 0.5) is 0 Å². The zero-order valence-corrected chi connectivity index (χ0v) is 12.8. The van der Waals surface area contributed by atoms with E-state index in [0.717, 1.165) is 17.8 Å². The standard InChI is InChI=1S/C17H33N/c1-17(2,3)16-8-6-14(7-9-16)4-5-15-10-12-18-13-11-15/h14-16,18H,4-13H2,1-3H3. The van der Waals surface area contributed by atoms with E-state index in [9.17, 15) is 0 Å². The Morgan fingerprint density at radius 2 is 1.28 bits per heavy atom. The fourth-order valence-electron chi connectivity index (χ4n) is 3.96. The van der Waals surface area contributed by atoms with Crippen LogP contribution in [0.25, 0.3) is 0 Å². The largest absolute Gasteiger partial charge is 0.317 e. The summed E-state index contributed by atoms with van der Waals surface area (Å²) in [5.74, 6) is 3.07. The van der Waals surface area contributed by atoms with Gasteiger partial charge in [-0.2, -0.15) is 0 Å². The second-order valence-corrected chi connectivity index (χ2v) is 7.85. The van der Waals surface area contributed by atoms with E-state index in [0.29, 0.717) is 5.41 Å². The van der Waals surface area contributed by atoms with Crippen LogP contribution in [0, 0.1) is 23.2 Å². The summed E-state index contributed by atoms with van der Waals surface area (Å²) in [4.78, 5) is 0. The van der Waals surface area contributed by atoms with Gasteiger partial charge in [0.25, 0.3) is 0 Å². The predicted molar refractivity (Wildman–Crippen MR) is 79.7 cm³/mol. The molecule has 2 rings (SSSR count). The summed E-state index contributed by atoms with van der Waals surface area (Å²) in [6, 6.07) is 0. The van der Waals surface area contributed by atoms with E-state index >= 15 is 0 Å². The van der Waals surface area contributed by atoms with Crippen LogP contribution in [0.5, 0.6) is 0 Å². The summed E-state index contributed by atoms with van der Waals surface area (Å²) in [6.07, 6.45) is 11.9. The van der Waals surface area contributed by atoms with Gasteiger partial charge in [0.1, 0.15) is 0 Å². The summed E-state index contributed by atoms with van der Waals surface area (Å²) < 4.78 is 0. The van der Waals surface area contributed by atoms with E-state index in [1.807, 2.05) is 0 Å². The third-order valence-electron chi connectivity index (χ3n) is 5.51. The van der Waals surface area contributed by atoms with Gasteiger partial charge >= 0.3 is 0 Å². The van der Waals surface area contributed by atoms with Crippen molar-refractivity contribution in [3.05, 3.63) is 0 Å². The molecular weight excluding hydrogens is 218 g/mol.